The third-order valence-corrected chi connectivity index (χ3v) is 5.39. The number of nitrogens with zero attached hydrogens (tertiary/aromatic N) is 2. The molecule has 0 unspecified atom stereocenters. The molecule has 0 saturated heterocycles. The fraction of sp³-hybridized carbons (Fsp3) is 0.375. The number of halogens is 3. The van der Waals surface area contributed by atoms with E-state index in [2.05, 4.69) is 20.9 Å². The molecule has 0 aliphatic heterocycles. The molecule has 1 fully saturated rings. The van der Waals surface area contributed by atoms with Gasteiger partial charge in [0.25, 0.3) is 0 Å². The van der Waals surface area contributed by atoms with Crippen molar-refractivity contribution in [2.45, 2.75) is 38.0 Å². The Kier molecular flexibility index (Phi) is 4.82. The molecule has 2 aromatic rings. The predicted octanol–water partition coefficient (Wildman–Crippen LogP) is 5.79. The highest BCUT2D eigenvalue weighted by atomic mass is 79.9. The highest BCUT2D eigenvalue weighted by Crippen LogP contribution is 2.38. The van der Waals surface area contributed by atoms with E-state index < -0.39 is 0 Å². The molecule has 1 aliphatic rings. The van der Waals surface area contributed by atoms with Gasteiger partial charge in [0.2, 0.25) is 0 Å². The zero-order chi connectivity index (χ0) is 14.8. The van der Waals surface area contributed by atoms with Crippen molar-refractivity contribution in [3.8, 4) is 0 Å². The quantitative estimate of drug-likeness (QED) is 0.624. The summed E-state index contributed by atoms with van der Waals surface area (Å²) in [7, 11) is 0. The molecule has 0 bridgehead atoms. The molecule has 1 aromatic heterocycles. The lowest BCUT2D eigenvalue weighted by molar-refractivity contribution is 0.681. The average Bonchev–Trinajstić information content (AvgIpc) is 2.96. The lowest BCUT2D eigenvalue weighted by Crippen LogP contribution is -2.05. The summed E-state index contributed by atoms with van der Waals surface area (Å²) in [5.41, 5.74) is 2.16. The van der Waals surface area contributed by atoms with E-state index >= 15 is 0 Å². The second-order valence-corrected chi connectivity index (χ2v) is 7.01. The van der Waals surface area contributed by atoms with Crippen molar-refractivity contribution in [1.82, 2.24) is 9.97 Å². The number of hydrogen-bond donors (Lipinski definition) is 0. The van der Waals surface area contributed by atoms with Gasteiger partial charge in [-0.25, -0.2) is 9.97 Å². The molecule has 2 nitrogen and oxygen atoms in total. The Morgan fingerprint density at radius 2 is 1.90 bits per heavy atom. The van der Waals surface area contributed by atoms with Crippen LogP contribution in [0, 0.1) is 0 Å². The Hall–Kier alpha value is -0.640. The van der Waals surface area contributed by atoms with Crippen LogP contribution in [0.25, 0.3) is 0 Å². The van der Waals surface area contributed by atoms with E-state index in [0.29, 0.717) is 17.5 Å². The summed E-state index contributed by atoms with van der Waals surface area (Å²) in [6.45, 7) is 0. The van der Waals surface area contributed by atoms with Crippen molar-refractivity contribution < 1.29 is 0 Å². The summed E-state index contributed by atoms with van der Waals surface area (Å²) in [6, 6.07) is 7.77. The normalized spacial score (nSPS) is 15.6. The molecule has 1 aliphatic carbocycles. The summed E-state index contributed by atoms with van der Waals surface area (Å²) in [5, 5.41) is 1.23. The Balaban J connectivity index is 1.92. The summed E-state index contributed by atoms with van der Waals surface area (Å²) in [4.78, 5) is 9.15. The van der Waals surface area contributed by atoms with Crippen LogP contribution in [0.5, 0.6) is 0 Å². The first-order valence-corrected chi connectivity index (χ1v) is 8.64. The van der Waals surface area contributed by atoms with E-state index in [1.807, 2.05) is 24.3 Å². The number of hydrogen-bond acceptors (Lipinski definition) is 2. The van der Waals surface area contributed by atoms with E-state index in [4.69, 9.17) is 28.2 Å². The highest BCUT2D eigenvalue weighted by molar-refractivity contribution is 9.10. The van der Waals surface area contributed by atoms with E-state index in [1.54, 1.807) is 0 Å². The minimum Gasteiger partial charge on any atom is -0.236 e. The number of aromatic nitrogens is 2. The number of rotatable bonds is 3. The molecule has 0 radical (unpaired) electrons. The summed E-state index contributed by atoms with van der Waals surface area (Å²) in [5.74, 6) is 1.25. The average molecular weight is 386 g/mol. The van der Waals surface area contributed by atoms with Crippen LogP contribution in [-0.4, -0.2) is 9.97 Å². The largest absolute Gasteiger partial charge is 0.236 e. The number of benzene rings is 1. The maximum atomic E-state index is 6.27. The van der Waals surface area contributed by atoms with Crippen LogP contribution in [0.1, 0.15) is 48.7 Å². The minimum atomic E-state index is 0.498. The van der Waals surface area contributed by atoms with Crippen LogP contribution < -0.4 is 0 Å². The van der Waals surface area contributed by atoms with Gasteiger partial charge in [-0.1, -0.05) is 48.2 Å². The standard InChI is InChI=1S/C16H15BrCl2N2/c17-14-15(11-5-1-2-6-11)20-13(21-16(14)19)9-10-4-3-7-12(18)8-10/h3-4,7-8,11H,1-2,5-6,9H2. The van der Waals surface area contributed by atoms with Crippen molar-refractivity contribution in [2.24, 2.45) is 0 Å². The molecule has 0 atom stereocenters. The first-order valence-electron chi connectivity index (χ1n) is 7.10. The van der Waals surface area contributed by atoms with Crippen LogP contribution in [-0.2, 0) is 6.42 Å². The molecule has 0 spiro atoms. The van der Waals surface area contributed by atoms with Gasteiger partial charge in [-0.2, -0.15) is 0 Å². The molecule has 1 heterocycles. The molecule has 110 valence electrons. The minimum absolute atomic E-state index is 0.498. The van der Waals surface area contributed by atoms with Gasteiger partial charge in [0, 0.05) is 17.4 Å². The Morgan fingerprint density at radius 1 is 1.14 bits per heavy atom. The van der Waals surface area contributed by atoms with Gasteiger partial charge in [0.05, 0.1) is 10.2 Å². The first-order chi connectivity index (χ1) is 10.1. The maximum absolute atomic E-state index is 6.27. The van der Waals surface area contributed by atoms with E-state index in [1.165, 1.54) is 25.7 Å². The van der Waals surface area contributed by atoms with Gasteiger partial charge in [-0.3, -0.25) is 0 Å². The smallest absolute Gasteiger partial charge is 0.147 e. The molecular weight excluding hydrogens is 371 g/mol. The van der Waals surface area contributed by atoms with Crippen LogP contribution in [0.4, 0.5) is 0 Å². The third kappa shape index (κ3) is 3.58. The molecule has 0 amide bonds. The summed E-state index contributed by atoms with van der Waals surface area (Å²) < 4.78 is 0.853. The third-order valence-electron chi connectivity index (χ3n) is 3.88. The molecule has 1 saturated carbocycles. The SMILES string of the molecule is Clc1cccc(Cc2nc(Cl)c(Br)c(C3CCCC3)n2)c1. The lowest BCUT2D eigenvalue weighted by atomic mass is 10.0. The fourth-order valence-corrected chi connectivity index (χ4v) is 3.77. The molecule has 1 aromatic carbocycles. The van der Waals surface area contributed by atoms with Crippen LogP contribution in [0.3, 0.4) is 0 Å². The van der Waals surface area contributed by atoms with Gasteiger partial charge in [-0.15, -0.1) is 0 Å². The van der Waals surface area contributed by atoms with Crippen molar-refractivity contribution in [1.29, 1.82) is 0 Å². The first kappa shape index (κ1) is 15.3. The Labute approximate surface area is 143 Å². The topological polar surface area (TPSA) is 25.8 Å². The van der Waals surface area contributed by atoms with Crippen LogP contribution in [0.2, 0.25) is 10.2 Å². The highest BCUT2D eigenvalue weighted by Gasteiger charge is 2.23. The van der Waals surface area contributed by atoms with Crippen LogP contribution >= 0.6 is 39.1 Å². The molecule has 21 heavy (non-hydrogen) atoms. The zero-order valence-corrected chi connectivity index (χ0v) is 14.5. The fourth-order valence-electron chi connectivity index (χ4n) is 2.86. The monoisotopic (exact) mass is 384 g/mol. The zero-order valence-electron chi connectivity index (χ0n) is 11.5. The molecule has 0 N–H and O–H groups in total. The lowest BCUT2D eigenvalue weighted by Gasteiger charge is -2.13. The maximum Gasteiger partial charge on any atom is 0.147 e. The van der Waals surface area contributed by atoms with Gasteiger partial charge < -0.3 is 0 Å². The summed E-state index contributed by atoms with van der Waals surface area (Å²) in [6.07, 6.45) is 5.54. The van der Waals surface area contributed by atoms with Gasteiger partial charge in [0.15, 0.2) is 0 Å². The van der Waals surface area contributed by atoms with E-state index in [-0.39, 0.29) is 0 Å². The molecule has 3 rings (SSSR count). The molecule has 5 heteroatoms. The van der Waals surface area contributed by atoms with Crippen molar-refractivity contribution in [3.63, 3.8) is 0 Å². The van der Waals surface area contributed by atoms with Crippen LogP contribution in [0.15, 0.2) is 28.7 Å². The van der Waals surface area contributed by atoms with Crippen molar-refractivity contribution in [3.05, 3.63) is 56.0 Å². The van der Waals surface area contributed by atoms with E-state index in [0.717, 1.165) is 26.6 Å². The predicted molar refractivity (Wildman–Crippen MR) is 90.2 cm³/mol. The van der Waals surface area contributed by atoms with E-state index in [9.17, 15) is 0 Å². The van der Waals surface area contributed by atoms with Crippen molar-refractivity contribution in [2.75, 3.05) is 0 Å². The molecular formula is C16H15BrCl2N2. The van der Waals surface area contributed by atoms with Gasteiger partial charge in [-0.05, 0) is 46.5 Å². The summed E-state index contributed by atoms with van der Waals surface area (Å²) >= 11 is 15.8. The van der Waals surface area contributed by atoms with Crippen molar-refractivity contribution >= 4 is 39.1 Å². The second kappa shape index (κ2) is 6.64. The second-order valence-electron chi connectivity index (χ2n) is 5.42. The van der Waals surface area contributed by atoms with Gasteiger partial charge >= 0.3 is 0 Å². The Morgan fingerprint density at radius 3 is 2.62 bits per heavy atom. The Bertz CT molecular complexity index is 655. The van der Waals surface area contributed by atoms with Gasteiger partial charge in [0.1, 0.15) is 11.0 Å².